The minimum absolute atomic E-state index is 0.0821. The van der Waals surface area contributed by atoms with Crippen LogP contribution in [0.5, 0.6) is 0 Å². The smallest absolute Gasteiger partial charge is 0.223 e. The molecule has 1 aromatic rings. The molecule has 0 aliphatic rings. The Morgan fingerprint density at radius 2 is 2.00 bits per heavy atom. The number of anilines is 1. The molecule has 82 valence electrons. The van der Waals surface area contributed by atoms with E-state index in [0.717, 1.165) is 5.69 Å². The third-order valence-corrected chi connectivity index (χ3v) is 1.80. The van der Waals surface area contributed by atoms with Gasteiger partial charge in [0, 0.05) is 11.2 Å². The van der Waals surface area contributed by atoms with E-state index in [1.54, 1.807) is 6.07 Å². The van der Waals surface area contributed by atoms with Gasteiger partial charge in [0.2, 0.25) is 5.95 Å². The monoisotopic (exact) mass is 224 g/mol. The molecule has 15 heavy (non-hydrogen) atoms. The number of hydrogen-bond donors (Lipinski definition) is 2. The van der Waals surface area contributed by atoms with E-state index in [-0.39, 0.29) is 10.5 Å². The van der Waals surface area contributed by atoms with Crippen molar-refractivity contribution in [3.63, 3.8) is 0 Å². The summed E-state index contributed by atoms with van der Waals surface area (Å²) in [4.78, 5) is 8.78. The largest absolute Gasteiger partial charge is 0.388 e. The molecule has 1 aromatic heterocycles. The zero-order chi connectivity index (χ0) is 11.6. The maximum absolute atomic E-state index is 5.53. The van der Waals surface area contributed by atoms with Gasteiger partial charge in [-0.1, -0.05) is 12.2 Å². The van der Waals surface area contributed by atoms with Gasteiger partial charge in [0.1, 0.15) is 10.7 Å². The average Bonchev–Trinajstić information content (AvgIpc) is 1.99. The van der Waals surface area contributed by atoms with E-state index in [2.05, 4.69) is 15.3 Å². The Labute approximate surface area is 95.3 Å². The standard InChI is InChI=1S/C10H16N4S/c1-6-5-7(8(11)15)13-9(12-6)14-10(2,3)4/h5H,1-4H3,(H2,11,15)(H,12,13,14). The lowest BCUT2D eigenvalue weighted by Crippen LogP contribution is -2.28. The van der Waals surface area contributed by atoms with Crippen LogP contribution in [0, 0.1) is 6.92 Å². The Balaban J connectivity index is 3.04. The molecule has 0 saturated carbocycles. The quantitative estimate of drug-likeness (QED) is 0.748. The van der Waals surface area contributed by atoms with Gasteiger partial charge in [0.05, 0.1) is 0 Å². The molecule has 4 nitrogen and oxygen atoms in total. The molecule has 0 fully saturated rings. The summed E-state index contributed by atoms with van der Waals surface area (Å²) in [5.41, 5.74) is 6.89. The van der Waals surface area contributed by atoms with Gasteiger partial charge in [0.15, 0.2) is 0 Å². The van der Waals surface area contributed by atoms with Crippen LogP contribution in [-0.2, 0) is 0 Å². The lowest BCUT2D eigenvalue weighted by atomic mass is 10.1. The van der Waals surface area contributed by atoms with Crippen molar-refractivity contribution in [2.45, 2.75) is 33.2 Å². The first-order chi connectivity index (χ1) is 6.78. The van der Waals surface area contributed by atoms with Crippen molar-refractivity contribution in [2.24, 2.45) is 5.73 Å². The maximum Gasteiger partial charge on any atom is 0.223 e. The van der Waals surface area contributed by atoms with Crippen LogP contribution >= 0.6 is 12.2 Å². The summed E-state index contributed by atoms with van der Waals surface area (Å²) in [6, 6.07) is 1.77. The van der Waals surface area contributed by atoms with E-state index in [1.807, 2.05) is 27.7 Å². The van der Waals surface area contributed by atoms with E-state index in [0.29, 0.717) is 11.6 Å². The highest BCUT2D eigenvalue weighted by atomic mass is 32.1. The zero-order valence-corrected chi connectivity index (χ0v) is 10.3. The second-order valence-corrected chi connectivity index (χ2v) is 4.90. The van der Waals surface area contributed by atoms with E-state index < -0.39 is 0 Å². The summed E-state index contributed by atoms with van der Waals surface area (Å²) in [7, 11) is 0. The summed E-state index contributed by atoms with van der Waals surface area (Å²) in [6.45, 7) is 8.01. The lowest BCUT2D eigenvalue weighted by Gasteiger charge is -2.20. The molecular formula is C10H16N4S. The molecule has 0 saturated heterocycles. The second kappa shape index (κ2) is 4.10. The van der Waals surface area contributed by atoms with Crippen LogP contribution in [0.1, 0.15) is 32.2 Å². The predicted octanol–water partition coefficient (Wildman–Crippen LogP) is 1.63. The van der Waals surface area contributed by atoms with Crippen molar-refractivity contribution in [2.75, 3.05) is 5.32 Å². The third-order valence-electron chi connectivity index (χ3n) is 1.59. The Morgan fingerprint density at radius 3 is 2.47 bits per heavy atom. The number of aromatic nitrogens is 2. The first kappa shape index (κ1) is 11.8. The van der Waals surface area contributed by atoms with Gasteiger partial charge in [-0.2, -0.15) is 0 Å². The number of nitrogens with zero attached hydrogens (tertiary/aromatic N) is 2. The van der Waals surface area contributed by atoms with Crippen LogP contribution in [0.3, 0.4) is 0 Å². The van der Waals surface area contributed by atoms with Crippen molar-refractivity contribution in [3.05, 3.63) is 17.5 Å². The summed E-state index contributed by atoms with van der Waals surface area (Å²) in [6.07, 6.45) is 0. The Bertz CT molecular complexity index is 381. The molecule has 0 amide bonds. The van der Waals surface area contributed by atoms with Crippen molar-refractivity contribution < 1.29 is 0 Å². The lowest BCUT2D eigenvalue weighted by molar-refractivity contribution is 0.625. The highest BCUT2D eigenvalue weighted by Crippen LogP contribution is 2.11. The number of thiocarbonyl (C=S) groups is 1. The number of aryl methyl sites for hydroxylation is 1. The highest BCUT2D eigenvalue weighted by Gasteiger charge is 2.12. The molecule has 0 atom stereocenters. The Morgan fingerprint density at radius 1 is 1.40 bits per heavy atom. The Hall–Kier alpha value is -1.23. The molecule has 0 aromatic carbocycles. The molecule has 0 aliphatic heterocycles. The van der Waals surface area contributed by atoms with Crippen LogP contribution in [0.15, 0.2) is 6.07 Å². The average molecular weight is 224 g/mol. The molecule has 0 bridgehead atoms. The molecule has 3 N–H and O–H groups in total. The van der Waals surface area contributed by atoms with Crippen LogP contribution in [0.25, 0.3) is 0 Å². The maximum atomic E-state index is 5.53. The van der Waals surface area contributed by atoms with E-state index in [4.69, 9.17) is 18.0 Å². The molecule has 1 heterocycles. The second-order valence-electron chi connectivity index (χ2n) is 4.46. The van der Waals surface area contributed by atoms with E-state index in [9.17, 15) is 0 Å². The fourth-order valence-electron chi connectivity index (χ4n) is 1.09. The van der Waals surface area contributed by atoms with Gasteiger partial charge in [-0.25, -0.2) is 9.97 Å². The van der Waals surface area contributed by atoms with Crippen LogP contribution < -0.4 is 11.1 Å². The van der Waals surface area contributed by atoms with Gasteiger partial charge in [-0.3, -0.25) is 0 Å². The summed E-state index contributed by atoms with van der Waals surface area (Å²) < 4.78 is 0. The fraction of sp³-hybridized carbons (Fsp3) is 0.500. The predicted molar refractivity (Wildman–Crippen MR) is 66.0 cm³/mol. The van der Waals surface area contributed by atoms with Crippen molar-refractivity contribution in [1.29, 1.82) is 0 Å². The first-order valence-corrected chi connectivity index (χ1v) is 5.12. The summed E-state index contributed by atoms with van der Waals surface area (Å²) >= 11 is 4.88. The number of hydrogen-bond acceptors (Lipinski definition) is 4. The van der Waals surface area contributed by atoms with Crippen LogP contribution in [0.4, 0.5) is 5.95 Å². The van der Waals surface area contributed by atoms with Gasteiger partial charge in [0.25, 0.3) is 0 Å². The topological polar surface area (TPSA) is 63.8 Å². The van der Waals surface area contributed by atoms with Gasteiger partial charge < -0.3 is 11.1 Å². The number of nitrogens with two attached hydrogens (primary N) is 1. The third kappa shape index (κ3) is 3.79. The minimum atomic E-state index is -0.0821. The van der Waals surface area contributed by atoms with Crippen LogP contribution in [0.2, 0.25) is 0 Å². The molecular weight excluding hydrogens is 208 g/mol. The zero-order valence-electron chi connectivity index (χ0n) is 9.46. The van der Waals surface area contributed by atoms with Gasteiger partial charge in [-0.05, 0) is 33.8 Å². The van der Waals surface area contributed by atoms with Crippen LogP contribution in [-0.4, -0.2) is 20.5 Å². The molecule has 5 heteroatoms. The van der Waals surface area contributed by atoms with E-state index in [1.165, 1.54) is 0 Å². The number of rotatable bonds is 2. The van der Waals surface area contributed by atoms with E-state index >= 15 is 0 Å². The Kier molecular flexibility index (Phi) is 3.24. The van der Waals surface area contributed by atoms with Gasteiger partial charge in [-0.15, -0.1) is 0 Å². The first-order valence-electron chi connectivity index (χ1n) is 4.71. The molecule has 0 unspecified atom stereocenters. The molecule has 1 rings (SSSR count). The summed E-state index contributed by atoms with van der Waals surface area (Å²) in [5.74, 6) is 0.560. The van der Waals surface area contributed by atoms with Crippen molar-refractivity contribution in [3.8, 4) is 0 Å². The van der Waals surface area contributed by atoms with Gasteiger partial charge >= 0.3 is 0 Å². The summed E-state index contributed by atoms with van der Waals surface area (Å²) in [5, 5.41) is 3.18. The molecule has 0 radical (unpaired) electrons. The fourth-order valence-corrected chi connectivity index (χ4v) is 1.19. The van der Waals surface area contributed by atoms with Crippen molar-refractivity contribution >= 4 is 23.2 Å². The normalized spacial score (nSPS) is 11.2. The van der Waals surface area contributed by atoms with Crippen molar-refractivity contribution in [1.82, 2.24) is 9.97 Å². The minimum Gasteiger partial charge on any atom is -0.388 e. The number of nitrogens with one attached hydrogen (secondary N) is 1. The highest BCUT2D eigenvalue weighted by molar-refractivity contribution is 7.80. The molecule has 0 aliphatic carbocycles. The molecule has 0 spiro atoms. The SMILES string of the molecule is Cc1cc(C(N)=S)nc(NC(C)(C)C)n1.